The van der Waals surface area contributed by atoms with Crippen molar-refractivity contribution in [1.29, 1.82) is 0 Å². The van der Waals surface area contributed by atoms with E-state index in [1.807, 2.05) is 29.2 Å². The van der Waals surface area contributed by atoms with Gasteiger partial charge in [-0.3, -0.25) is 24.1 Å². The fraction of sp³-hybridized carbons (Fsp3) is 0.304. The average molecular weight is 405 g/mol. The summed E-state index contributed by atoms with van der Waals surface area (Å²) in [6.07, 6.45) is 0.475. The fourth-order valence-electron chi connectivity index (χ4n) is 3.87. The number of imide groups is 1. The van der Waals surface area contributed by atoms with Gasteiger partial charge in [-0.1, -0.05) is 0 Å². The van der Waals surface area contributed by atoms with Crippen molar-refractivity contribution in [1.82, 2.24) is 4.90 Å². The molecule has 2 aromatic carbocycles. The lowest BCUT2D eigenvalue weighted by molar-refractivity contribution is -0.121. The molecule has 2 saturated heterocycles. The van der Waals surface area contributed by atoms with Crippen LogP contribution in [-0.2, 0) is 9.59 Å². The Balaban J connectivity index is 1.37. The van der Waals surface area contributed by atoms with Gasteiger partial charge in [0.15, 0.2) is 5.78 Å². The summed E-state index contributed by atoms with van der Waals surface area (Å²) in [5, 5.41) is 0. The molecule has 0 aromatic heterocycles. The Morgan fingerprint density at radius 1 is 0.700 bits per heavy atom. The molecule has 30 heavy (non-hydrogen) atoms. The van der Waals surface area contributed by atoms with E-state index >= 15 is 0 Å². The highest BCUT2D eigenvalue weighted by Crippen LogP contribution is 2.24. The Morgan fingerprint density at radius 2 is 1.20 bits per heavy atom. The van der Waals surface area contributed by atoms with E-state index in [1.54, 1.807) is 31.2 Å². The number of piperazine rings is 1. The molecule has 2 aromatic rings. The van der Waals surface area contributed by atoms with Crippen LogP contribution in [0.3, 0.4) is 0 Å². The second kappa shape index (κ2) is 8.10. The highest BCUT2D eigenvalue weighted by atomic mass is 16.2. The van der Waals surface area contributed by atoms with Gasteiger partial charge in [0, 0.05) is 55.8 Å². The van der Waals surface area contributed by atoms with E-state index in [9.17, 15) is 19.2 Å². The van der Waals surface area contributed by atoms with Crippen LogP contribution in [0.2, 0.25) is 0 Å². The molecule has 0 N–H and O–H groups in total. The van der Waals surface area contributed by atoms with Gasteiger partial charge in [0.2, 0.25) is 11.8 Å². The van der Waals surface area contributed by atoms with Crippen LogP contribution in [0.4, 0.5) is 11.4 Å². The summed E-state index contributed by atoms with van der Waals surface area (Å²) in [5.74, 6) is -0.424. The van der Waals surface area contributed by atoms with E-state index in [4.69, 9.17) is 0 Å². The molecule has 7 nitrogen and oxygen atoms in total. The van der Waals surface area contributed by atoms with Gasteiger partial charge in [0.05, 0.1) is 5.69 Å². The van der Waals surface area contributed by atoms with Gasteiger partial charge < -0.3 is 9.80 Å². The molecule has 0 aliphatic carbocycles. The molecule has 154 valence electrons. The molecule has 0 bridgehead atoms. The van der Waals surface area contributed by atoms with Gasteiger partial charge in [-0.25, -0.2) is 0 Å². The number of nitrogens with zero attached hydrogens (tertiary/aromatic N) is 3. The molecule has 2 aliphatic heterocycles. The first-order valence-corrected chi connectivity index (χ1v) is 10.0. The SMILES string of the molecule is CC(=O)c1ccc(N2CCN(C(=O)c3ccc(N4C(=O)CCC4=O)cc3)CC2)cc1. The Labute approximate surface area is 174 Å². The minimum Gasteiger partial charge on any atom is -0.368 e. The monoisotopic (exact) mass is 405 g/mol. The smallest absolute Gasteiger partial charge is 0.253 e. The van der Waals surface area contributed by atoms with Gasteiger partial charge in [-0.2, -0.15) is 0 Å². The summed E-state index contributed by atoms with van der Waals surface area (Å²) in [5.41, 5.74) is 2.78. The van der Waals surface area contributed by atoms with Crippen LogP contribution < -0.4 is 9.80 Å². The number of hydrogen-bond donors (Lipinski definition) is 0. The molecule has 7 heteroatoms. The number of hydrogen-bond acceptors (Lipinski definition) is 5. The van der Waals surface area contributed by atoms with E-state index in [0.29, 0.717) is 43.0 Å². The first-order valence-electron chi connectivity index (χ1n) is 10.0. The molecule has 0 atom stereocenters. The lowest BCUT2D eigenvalue weighted by Gasteiger charge is -2.36. The average Bonchev–Trinajstić information content (AvgIpc) is 3.11. The molecule has 2 heterocycles. The molecule has 0 unspecified atom stereocenters. The number of carbonyl (C=O) groups is 4. The molecular formula is C23H23N3O4. The van der Waals surface area contributed by atoms with Crippen LogP contribution in [0.1, 0.15) is 40.5 Å². The summed E-state index contributed by atoms with van der Waals surface area (Å²) >= 11 is 0. The maximum atomic E-state index is 12.8. The Hall–Kier alpha value is -3.48. The van der Waals surface area contributed by atoms with Crippen molar-refractivity contribution >= 4 is 34.9 Å². The standard InChI is InChI=1S/C23H23N3O4/c1-16(27)17-2-6-19(7-3-17)24-12-14-25(15-13-24)23(30)18-4-8-20(9-5-18)26-21(28)10-11-22(26)29/h2-9H,10-15H2,1H3. The molecule has 2 fully saturated rings. The van der Waals surface area contributed by atoms with Crippen molar-refractivity contribution < 1.29 is 19.2 Å². The zero-order valence-corrected chi connectivity index (χ0v) is 16.8. The molecular weight excluding hydrogens is 382 g/mol. The van der Waals surface area contributed by atoms with Crippen LogP contribution in [0.5, 0.6) is 0 Å². The Kier molecular flexibility index (Phi) is 5.35. The number of amides is 3. The quantitative estimate of drug-likeness (QED) is 0.577. The van der Waals surface area contributed by atoms with Gasteiger partial charge in [0.1, 0.15) is 0 Å². The van der Waals surface area contributed by atoms with E-state index in [2.05, 4.69) is 4.90 Å². The van der Waals surface area contributed by atoms with Crippen LogP contribution in [-0.4, -0.2) is 54.6 Å². The topological polar surface area (TPSA) is 78.0 Å². The van der Waals surface area contributed by atoms with E-state index in [-0.39, 0.29) is 36.3 Å². The number of benzene rings is 2. The zero-order valence-electron chi connectivity index (χ0n) is 16.8. The Morgan fingerprint density at radius 3 is 1.73 bits per heavy atom. The van der Waals surface area contributed by atoms with Crippen molar-refractivity contribution in [3.8, 4) is 0 Å². The maximum absolute atomic E-state index is 12.8. The number of anilines is 2. The highest BCUT2D eigenvalue weighted by Gasteiger charge is 2.30. The molecule has 0 spiro atoms. The number of Topliss-reactive ketones (excluding diaryl/α,β-unsaturated/α-hetero) is 1. The van der Waals surface area contributed by atoms with Crippen LogP contribution in [0.25, 0.3) is 0 Å². The molecule has 2 aliphatic rings. The summed E-state index contributed by atoms with van der Waals surface area (Å²) < 4.78 is 0. The van der Waals surface area contributed by atoms with Gasteiger partial charge in [-0.15, -0.1) is 0 Å². The third kappa shape index (κ3) is 3.83. The van der Waals surface area contributed by atoms with E-state index in [1.165, 1.54) is 4.90 Å². The minimum atomic E-state index is -0.202. The van der Waals surface area contributed by atoms with Crippen LogP contribution in [0.15, 0.2) is 48.5 Å². The summed E-state index contributed by atoms with van der Waals surface area (Å²) in [6, 6.07) is 14.2. The fourth-order valence-corrected chi connectivity index (χ4v) is 3.87. The summed E-state index contributed by atoms with van der Waals surface area (Å²) in [7, 11) is 0. The lowest BCUT2D eigenvalue weighted by Crippen LogP contribution is -2.48. The maximum Gasteiger partial charge on any atom is 0.253 e. The molecule has 0 radical (unpaired) electrons. The van der Waals surface area contributed by atoms with E-state index < -0.39 is 0 Å². The second-order valence-corrected chi connectivity index (χ2v) is 7.55. The molecule has 0 saturated carbocycles. The van der Waals surface area contributed by atoms with Gasteiger partial charge in [0.25, 0.3) is 5.91 Å². The summed E-state index contributed by atoms with van der Waals surface area (Å²) in [6.45, 7) is 4.16. The second-order valence-electron chi connectivity index (χ2n) is 7.55. The number of ketones is 1. The van der Waals surface area contributed by atoms with Crippen molar-refractivity contribution in [2.24, 2.45) is 0 Å². The number of rotatable bonds is 4. The number of carbonyl (C=O) groups excluding carboxylic acids is 4. The van der Waals surface area contributed by atoms with Crippen LogP contribution >= 0.6 is 0 Å². The minimum absolute atomic E-state index is 0.0430. The predicted octanol–water partition coefficient (Wildman–Crippen LogP) is 2.51. The third-order valence-electron chi connectivity index (χ3n) is 5.63. The Bertz CT molecular complexity index is 974. The van der Waals surface area contributed by atoms with E-state index in [0.717, 1.165) is 5.69 Å². The third-order valence-corrected chi connectivity index (χ3v) is 5.63. The summed E-state index contributed by atoms with van der Waals surface area (Å²) in [4.78, 5) is 53.2. The highest BCUT2D eigenvalue weighted by molar-refractivity contribution is 6.19. The van der Waals surface area contributed by atoms with Crippen molar-refractivity contribution in [3.63, 3.8) is 0 Å². The van der Waals surface area contributed by atoms with Gasteiger partial charge in [-0.05, 0) is 55.5 Å². The van der Waals surface area contributed by atoms with Crippen molar-refractivity contribution in [2.75, 3.05) is 36.0 Å². The molecule has 4 rings (SSSR count). The normalized spacial score (nSPS) is 16.9. The lowest BCUT2D eigenvalue weighted by atomic mass is 10.1. The molecule has 3 amide bonds. The van der Waals surface area contributed by atoms with Crippen molar-refractivity contribution in [3.05, 3.63) is 59.7 Å². The first-order chi connectivity index (χ1) is 14.4. The predicted molar refractivity (Wildman–Crippen MR) is 113 cm³/mol. The zero-order chi connectivity index (χ0) is 21.3. The van der Waals surface area contributed by atoms with Crippen molar-refractivity contribution in [2.45, 2.75) is 19.8 Å². The first kappa shape index (κ1) is 19.8. The largest absolute Gasteiger partial charge is 0.368 e. The van der Waals surface area contributed by atoms with Crippen LogP contribution in [0, 0.1) is 0 Å². The van der Waals surface area contributed by atoms with Gasteiger partial charge >= 0.3 is 0 Å².